The Morgan fingerprint density at radius 3 is 2.03 bits per heavy atom. The zero-order valence-corrected chi connectivity index (χ0v) is 24.9. The summed E-state index contributed by atoms with van der Waals surface area (Å²) in [4.78, 5) is 11.5. The lowest BCUT2D eigenvalue weighted by molar-refractivity contribution is -0.142. The highest BCUT2D eigenvalue weighted by Gasteiger charge is 2.23. The van der Waals surface area contributed by atoms with Crippen LogP contribution in [0.15, 0.2) is 29.2 Å². The number of ether oxygens (including phenoxy) is 1. The third kappa shape index (κ3) is 8.69. The summed E-state index contributed by atoms with van der Waals surface area (Å²) in [5.74, 6) is 0.592. The monoisotopic (exact) mass is 514 g/mol. The van der Waals surface area contributed by atoms with Crippen LogP contribution in [-0.4, -0.2) is 23.7 Å². The number of rotatable bonds is 6. The van der Waals surface area contributed by atoms with Crippen molar-refractivity contribution in [3.8, 4) is 11.3 Å². The second-order valence-corrected chi connectivity index (χ2v) is 12.7. The van der Waals surface area contributed by atoms with Crippen molar-refractivity contribution in [1.29, 1.82) is 0 Å². The molecule has 1 aromatic carbocycles. The van der Waals surface area contributed by atoms with E-state index in [2.05, 4.69) is 82.0 Å². The molecule has 0 bridgehead atoms. The number of nitrogens with zero attached hydrogens (tertiary/aromatic N) is 1. The van der Waals surface area contributed by atoms with Gasteiger partial charge in [0.1, 0.15) is 0 Å². The predicted octanol–water partition coefficient (Wildman–Crippen LogP) is 7.83. The fourth-order valence-electron chi connectivity index (χ4n) is 4.73. The second-order valence-electron chi connectivity index (χ2n) is 12.3. The largest absolute Gasteiger partial charge is 0.466 e. The number of hydrogen-bond acceptors (Lipinski definition) is 4. The smallest absolute Gasteiger partial charge is 0.307 e. The van der Waals surface area contributed by atoms with Crippen LogP contribution in [0.1, 0.15) is 104 Å². The van der Waals surface area contributed by atoms with Gasteiger partial charge in [0.15, 0.2) is 0 Å². The minimum absolute atomic E-state index is 0.135. The van der Waals surface area contributed by atoms with Crippen molar-refractivity contribution in [2.45, 2.75) is 116 Å². The van der Waals surface area contributed by atoms with Crippen LogP contribution in [0.4, 0.5) is 0 Å². The molecule has 0 unspecified atom stereocenters. The molecule has 0 radical (unpaired) electrons. The number of nitrogens with two attached hydrogens (primary N) is 1. The third-order valence-electron chi connectivity index (χ3n) is 7.12. The highest BCUT2D eigenvalue weighted by atomic mass is 32.1. The maximum absolute atomic E-state index is 10.3. The van der Waals surface area contributed by atoms with Crippen LogP contribution in [-0.2, 0) is 26.9 Å². The number of benzene rings is 1. The topological polar surface area (TPSA) is 57.2 Å². The average Bonchev–Trinajstić information content (AvgIpc) is 3.07. The van der Waals surface area contributed by atoms with Crippen LogP contribution < -0.4 is 5.73 Å². The molecule has 1 aromatic heterocycles. The Kier molecular flexibility index (Phi) is 11.2. The Balaban J connectivity index is 0.000000493. The summed E-state index contributed by atoms with van der Waals surface area (Å²) in [5, 5.41) is 0. The summed E-state index contributed by atoms with van der Waals surface area (Å²) in [6, 6.07) is 9.52. The lowest BCUT2D eigenvalue weighted by atomic mass is 9.79. The molecule has 1 fully saturated rings. The van der Waals surface area contributed by atoms with E-state index in [1.165, 1.54) is 60.2 Å². The number of carbonyl (C=O) groups is 1. The molecule has 0 spiro atoms. The molecule has 1 aliphatic rings. The molecule has 36 heavy (non-hydrogen) atoms. The fraction of sp³-hybridized carbons (Fsp3) is 0.645. The SMILES string of the molecule is CCOC(=O)CCN.Cc1c(S)cc(-c2cc(C(C)(C)C)cc(C(C)(C)C)c2)n1CC1CCCCC1. The number of hydrogen-bond donors (Lipinski definition) is 2. The number of aromatic nitrogens is 1. The van der Waals surface area contributed by atoms with Crippen LogP contribution in [0, 0.1) is 12.8 Å². The molecule has 1 heterocycles. The first-order chi connectivity index (χ1) is 16.8. The lowest BCUT2D eigenvalue weighted by Gasteiger charge is -2.27. The van der Waals surface area contributed by atoms with Crippen molar-refractivity contribution in [2.75, 3.05) is 13.2 Å². The van der Waals surface area contributed by atoms with E-state index in [9.17, 15) is 4.79 Å². The van der Waals surface area contributed by atoms with Gasteiger partial charge in [0.2, 0.25) is 0 Å². The summed E-state index contributed by atoms with van der Waals surface area (Å²) >= 11 is 4.80. The Morgan fingerprint density at radius 2 is 1.56 bits per heavy atom. The van der Waals surface area contributed by atoms with Gasteiger partial charge in [-0.25, -0.2) is 0 Å². The third-order valence-corrected chi connectivity index (χ3v) is 7.57. The van der Waals surface area contributed by atoms with Gasteiger partial charge >= 0.3 is 5.97 Å². The van der Waals surface area contributed by atoms with Crippen molar-refractivity contribution in [2.24, 2.45) is 11.7 Å². The van der Waals surface area contributed by atoms with Crippen LogP contribution in [0.2, 0.25) is 0 Å². The Morgan fingerprint density at radius 1 is 1.00 bits per heavy atom. The minimum atomic E-state index is -0.213. The number of thiol groups is 1. The van der Waals surface area contributed by atoms with E-state index in [1.54, 1.807) is 6.92 Å². The van der Waals surface area contributed by atoms with Crippen molar-refractivity contribution in [3.63, 3.8) is 0 Å². The Labute approximate surface area is 225 Å². The molecule has 2 N–H and O–H groups in total. The fourth-order valence-corrected chi connectivity index (χ4v) is 4.97. The zero-order chi connectivity index (χ0) is 27.1. The predicted molar refractivity (Wildman–Crippen MR) is 156 cm³/mol. The van der Waals surface area contributed by atoms with Crippen LogP contribution in [0.3, 0.4) is 0 Å². The molecule has 0 amide bonds. The molecule has 0 aliphatic heterocycles. The highest BCUT2D eigenvalue weighted by Crippen LogP contribution is 2.37. The van der Waals surface area contributed by atoms with E-state index in [0.29, 0.717) is 19.6 Å². The van der Waals surface area contributed by atoms with Crippen LogP contribution in [0.5, 0.6) is 0 Å². The average molecular weight is 515 g/mol. The molecular weight excluding hydrogens is 464 g/mol. The maximum Gasteiger partial charge on any atom is 0.307 e. The van der Waals surface area contributed by atoms with Gasteiger partial charge in [0.05, 0.1) is 13.0 Å². The molecule has 2 aromatic rings. The van der Waals surface area contributed by atoms with Gasteiger partial charge in [-0.15, -0.1) is 12.6 Å². The first-order valence-corrected chi connectivity index (χ1v) is 14.1. The molecule has 1 saturated carbocycles. The van der Waals surface area contributed by atoms with Gasteiger partial charge in [0, 0.05) is 29.4 Å². The first kappa shape index (κ1) is 30.5. The lowest BCUT2D eigenvalue weighted by Crippen LogP contribution is -2.18. The maximum atomic E-state index is 10.3. The summed E-state index contributed by atoms with van der Waals surface area (Å²) in [7, 11) is 0. The van der Waals surface area contributed by atoms with E-state index in [4.69, 9.17) is 18.4 Å². The van der Waals surface area contributed by atoms with Gasteiger partial charge < -0.3 is 15.0 Å². The zero-order valence-electron chi connectivity index (χ0n) is 24.0. The summed E-state index contributed by atoms with van der Waals surface area (Å²) in [6.07, 6.45) is 7.26. The number of esters is 1. The van der Waals surface area contributed by atoms with Crippen molar-refractivity contribution < 1.29 is 9.53 Å². The quantitative estimate of drug-likeness (QED) is 0.305. The number of carbonyl (C=O) groups excluding carboxylic acids is 1. The van der Waals surface area contributed by atoms with E-state index < -0.39 is 0 Å². The molecule has 5 heteroatoms. The van der Waals surface area contributed by atoms with Gasteiger partial charge in [-0.3, -0.25) is 4.79 Å². The molecule has 1 aliphatic carbocycles. The van der Waals surface area contributed by atoms with Gasteiger partial charge in [0.25, 0.3) is 0 Å². The summed E-state index contributed by atoms with van der Waals surface area (Å²) in [6.45, 7) is 19.8. The normalized spacial score (nSPS) is 14.8. The van der Waals surface area contributed by atoms with Crippen molar-refractivity contribution in [3.05, 3.63) is 41.1 Å². The molecule has 0 atom stereocenters. The van der Waals surface area contributed by atoms with Crippen LogP contribution >= 0.6 is 12.6 Å². The highest BCUT2D eigenvalue weighted by molar-refractivity contribution is 7.80. The van der Waals surface area contributed by atoms with E-state index in [1.807, 2.05) is 0 Å². The Hall–Kier alpha value is -1.72. The standard InChI is InChI=1S/C26H39NS.C5H11NO2/c1-18-24(28)16-23(27(18)17-19-11-9-8-10-12-19)20-13-21(25(2,3)4)15-22(14-20)26(5,6)7;1-2-8-5(7)3-4-6/h13-16,19,28H,8-12,17H2,1-7H3;2-4,6H2,1H3. The molecule has 4 nitrogen and oxygen atoms in total. The van der Waals surface area contributed by atoms with Gasteiger partial charge in [-0.1, -0.05) is 66.9 Å². The second kappa shape index (κ2) is 13.2. The first-order valence-electron chi connectivity index (χ1n) is 13.7. The van der Waals surface area contributed by atoms with Gasteiger partial charge in [-0.05, 0) is 78.3 Å². The van der Waals surface area contributed by atoms with Gasteiger partial charge in [-0.2, -0.15) is 0 Å². The van der Waals surface area contributed by atoms with Crippen LogP contribution in [0.25, 0.3) is 11.3 Å². The minimum Gasteiger partial charge on any atom is -0.466 e. The van der Waals surface area contributed by atoms with E-state index in [0.717, 1.165) is 17.4 Å². The Bertz CT molecular complexity index is 949. The molecule has 3 rings (SSSR count). The van der Waals surface area contributed by atoms with Crippen molar-refractivity contribution >= 4 is 18.6 Å². The molecule has 202 valence electrons. The summed E-state index contributed by atoms with van der Waals surface area (Å²) < 4.78 is 7.11. The summed E-state index contributed by atoms with van der Waals surface area (Å²) in [5.41, 5.74) is 12.1. The van der Waals surface area contributed by atoms with E-state index in [-0.39, 0.29) is 16.8 Å². The molecule has 0 saturated heterocycles. The van der Waals surface area contributed by atoms with Crippen molar-refractivity contribution in [1.82, 2.24) is 4.57 Å². The molecular formula is C31H50N2O2S. The van der Waals surface area contributed by atoms with E-state index >= 15 is 0 Å².